The van der Waals surface area contributed by atoms with Crippen LogP contribution in [-0.4, -0.2) is 31.5 Å². The summed E-state index contributed by atoms with van der Waals surface area (Å²) in [6, 6.07) is 9.93. The summed E-state index contributed by atoms with van der Waals surface area (Å²) in [5.74, 6) is 0. The molecule has 22 heavy (non-hydrogen) atoms. The smallest absolute Gasteiger partial charge is 0.291 e. The van der Waals surface area contributed by atoms with Crippen LogP contribution in [-0.2, 0) is 0 Å². The number of carbonyl (C=O) groups is 1. The summed E-state index contributed by atoms with van der Waals surface area (Å²) in [5, 5.41) is 4.52. The molecule has 1 saturated heterocycles. The van der Waals surface area contributed by atoms with Crippen LogP contribution in [0.4, 0.5) is 4.79 Å². The number of likely N-dealkylation sites (N-methyl/N-ethyl adjacent to an activating group) is 1. The quantitative estimate of drug-likeness (QED) is 0.629. The number of hydrogen-bond donors (Lipinski definition) is 0. The van der Waals surface area contributed by atoms with Gasteiger partial charge < -0.3 is 0 Å². The van der Waals surface area contributed by atoms with Crippen LogP contribution < -0.4 is 0 Å². The minimum Gasteiger partial charge on any atom is -0.293 e. The third-order valence-corrected chi connectivity index (χ3v) is 4.93. The van der Waals surface area contributed by atoms with Gasteiger partial charge in [-0.1, -0.05) is 30.4 Å². The van der Waals surface area contributed by atoms with Gasteiger partial charge in [0, 0.05) is 18.3 Å². The van der Waals surface area contributed by atoms with Crippen molar-refractivity contribution in [2.45, 2.75) is 13.8 Å². The van der Waals surface area contributed by atoms with Crippen LogP contribution in [0.2, 0.25) is 0 Å². The van der Waals surface area contributed by atoms with Crippen LogP contribution in [0.25, 0.3) is 11.8 Å². The number of thioether (sulfide) groups is 1. The highest BCUT2D eigenvalue weighted by molar-refractivity contribution is 8.19. The Morgan fingerprint density at radius 2 is 2.05 bits per heavy atom. The van der Waals surface area contributed by atoms with E-state index in [2.05, 4.69) is 5.10 Å². The van der Waals surface area contributed by atoms with Crippen molar-refractivity contribution in [1.82, 2.24) is 14.7 Å². The van der Waals surface area contributed by atoms with Crippen molar-refractivity contribution in [3.63, 3.8) is 0 Å². The molecule has 0 saturated carbocycles. The number of aryl methyl sites for hydroxylation is 1. The second-order valence-corrected chi connectivity index (χ2v) is 6.26. The SMILES string of the molecule is CCN1C(=O)S/C(=C\c2cn(-c3ccccc3)nc2C)C1=S. The summed E-state index contributed by atoms with van der Waals surface area (Å²) in [4.78, 5) is 14.9. The van der Waals surface area contributed by atoms with Crippen LogP contribution in [0.5, 0.6) is 0 Å². The number of nitrogens with zero attached hydrogens (tertiary/aromatic N) is 3. The normalized spacial score (nSPS) is 16.8. The van der Waals surface area contributed by atoms with Crippen LogP contribution in [0.1, 0.15) is 18.2 Å². The van der Waals surface area contributed by atoms with Gasteiger partial charge in [0.05, 0.1) is 16.3 Å². The highest BCUT2D eigenvalue weighted by atomic mass is 32.2. The van der Waals surface area contributed by atoms with Gasteiger partial charge in [-0.05, 0) is 43.8 Å². The molecule has 1 aliphatic rings. The van der Waals surface area contributed by atoms with Crippen LogP contribution in [0.15, 0.2) is 41.4 Å². The molecular formula is C16H15N3OS2. The molecule has 3 rings (SSSR count). The summed E-state index contributed by atoms with van der Waals surface area (Å²) >= 11 is 6.55. The highest BCUT2D eigenvalue weighted by Crippen LogP contribution is 2.33. The fourth-order valence-corrected chi connectivity index (χ4v) is 3.60. The first-order valence-electron chi connectivity index (χ1n) is 6.97. The number of rotatable bonds is 3. The molecule has 2 aromatic rings. The van der Waals surface area contributed by atoms with E-state index in [0.717, 1.165) is 21.8 Å². The molecule has 1 aromatic carbocycles. The van der Waals surface area contributed by atoms with Gasteiger partial charge in [0.2, 0.25) is 0 Å². The van der Waals surface area contributed by atoms with Gasteiger partial charge in [-0.25, -0.2) is 4.68 Å². The predicted molar refractivity (Wildman–Crippen MR) is 94.2 cm³/mol. The van der Waals surface area contributed by atoms with E-state index in [1.807, 2.05) is 61.1 Å². The van der Waals surface area contributed by atoms with E-state index in [4.69, 9.17) is 12.2 Å². The largest absolute Gasteiger partial charge is 0.293 e. The Labute approximate surface area is 138 Å². The fraction of sp³-hybridized carbons (Fsp3) is 0.188. The van der Waals surface area contributed by atoms with Crippen molar-refractivity contribution in [3.05, 3.63) is 52.7 Å². The monoisotopic (exact) mass is 329 g/mol. The molecule has 6 heteroatoms. The molecule has 0 bridgehead atoms. The zero-order valence-corrected chi connectivity index (χ0v) is 13.9. The maximum Gasteiger partial charge on any atom is 0.291 e. The second kappa shape index (κ2) is 6.06. The summed E-state index contributed by atoms with van der Waals surface area (Å²) in [5.41, 5.74) is 2.88. The summed E-state index contributed by atoms with van der Waals surface area (Å²) < 4.78 is 1.84. The summed E-state index contributed by atoms with van der Waals surface area (Å²) in [7, 11) is 0. The van der Waals surface area contributed by atoms with E-state index >= 15 is 0 Å². The lowest BCUT2D eigenvalue weighted by Gasteiger charge is -2.09. The number of benzene rings is 1. The van der Waals surface area contributed by atoms with Crippen molar-refractivity contribution in [3.8, 4) is 5.69 Å². The molecule has 0 unspecified atom stereocenters. The molecule has 1 aromatic heterocycles. The van der Waals surface area contributed by atoms with Gasteiger partial charge in [0.15, 0.2) is 0 Å². The third kappa shape index (κ3) is 2.71. The molecule has 0 spiro atoms. The van der Waals surface area contributed by atoms with E-state index < -0.39 is 0 Å². The molecule has 2 heterocycles. The molecule has 0 radical (unpaired) electrons. The maximum absolute atomic E-state index is 11.9. The van der Waals surface area contributed by atoms with Gasteiger partial charge in [-0.2, -0.15) is 5.10 Å². The van der Waals surface area contributed by atoms with Crippen molar-refractivity contribution >= 4 is 40.3 Å². The lowest BCUT2D eigenvalue weighted by molar-refractivity contribution is 0.247. The third-order valence-electron chi connectivity index (χ3n) is 3.43. The molecule has 0 aliphatic carbocycles. The Morgan fingerprint density at radius 1 is 1.32 bits per heavy atom. The van der Waals surface area contributed by atoms with E-state index in [1.54, 1.807) is 4.90 Å². The van der Waals surface area contributed by atoms with Crippen LogP contribution in [0, 0.1) is 6.92 Å². The Morgan fingerprint density at radius 3 is 2.68 bits per heavy atom. The molecular weight excluding hydrogens is 314 g/mol. The predicted octanol–water partition coefficient (Wildman–Crippen LogP) is 4.04. The minimum absolute atomic E-state index is 0.00754. The van der Waals surface area contributed by atoms with Gasteiger partial charge >= 0.3 is 0 Å². The van der Waals surface area contributed by atoms with Gasteiger partial charge in [-0.15, -0.1) is 0 Å². The molecule has 1 aliphatic heterocycles. The molecule has 1 amide bonds. The van der Waals surface area contributed by atoms with Crippen molar-refractivity contribution in [1.29, 1.82) is 0 Å². The number of para-hydroxylation sites is 1. The van der Waals surface area contributed by atoms with E-state index in [-0.39, 0.29) is 5.24 Å². The van der Waals surface area contributed by atoms with E-state index in [1.165, 1.54) is 11.8 Å². The van der Waals surface area contributed by atoms with E-state index in [9.17, 15) is 4.79 Å². The number of aromatic nitrogens is 2. The second-order valence-electron chi connectivity index (χ2n) is 4.88. The molecule has 1 fully saturated rings. The molecule has 0 N–H and O–H groups in total. The zero-order valence-electron chi connectivity index (χ0n) is 12.3. The Bertz CT molecular complexity index is 765. The molecule has 4 nitrogen and oxygen atoms in total. The van der Waals surface area contributed by atoms with E-state index in [0.29, 0.717) is 11.5 Å². The Balaban J connectivity index is 1.94. The van der Waals surface area contributed by atoms with Crippen molar-refractivity contribution < 1.29 is 4.79 Å². The Hall–Kier alpha value is -1.92. The first-order valence-corrected chi connectivity index (χ1v) is 8.19. The highest BCUT2D eigenvalue weighted by Gasteiger charge is 2.30. The van der Waals surface area contributed by atoms with Crippen molar-refractivity contribution in [2.24, 2.45) is 0 Å². The number of amides is 1. The van der Waals surface area contributed by atoms with Crippen LogP contribution >= 0.6 is 24.0 Å². The average Bonchev–Trinajstić information content (AvgIpc) is 3.01. The summed E-state index contributed by atoms with van der Waals surface area (Å²) in [6.07, 6.45) is 3.91. The number of thiocarbonyl (C=S) groups is 1. The standard InChI is InChI=1S/C16H15N3OS2/c1-3-18-15(21)14(22-16(18)20)9-12-10-19(17-11(12)2)13-7-5-4-6-8-13/h4-10H,3H2,1-2H3/b14-9-. The number of hydrogen-bond acceptors (Lipinski definition) is 4. The maximum atomic E-state index is 11.9. The molecule has 0 atom stereocenters. The summed E-state index contributed by atoms with van der Waals surface area (Å²) in [6.45, 7) is 4.48. The minimum atomic E-state index is -0.00754. The zero-order chi connectivity index (χ0) is 15.7. The lowest BCUT2D eigenvalue weighted by Crippen LogP contribution is -2.26. The Kier molecular flexibility index (Phi) is 4.13. The first kappa shape index (κ1) is 15.0. The number of carbonyl (C=O) groups excluding carboxylic acids is 1. The fourth-order valence-electron chi connectivity index (χ4n) is 2.24. The van der Waals surface area contributed by atoms with Crippen molar-refractivity contribution in [2.75, 3.05) is 6.54 Å². The van der Waals surface area contributed by atoms with Crippen LogP contribution in [0.3, 0.4) is 0 Å². The average molecular weight is 329 g/mol. The van der Waals surface area contributed by atoms with Gasteiger partial charge in [0.25, 0.3) is 5.24 Å². The molecule has 112 valence electrons. The van der Waals surface area contributed by atoms with Gasteiger partial charge in [-0.3, -0.25) is 9.69 Å². The topological polar surface area (TPSA) is 38.1 Å². The lowest BCUT2D eigenvalue weighted by atomic mass is 10.2. The van der Waals surface area contributed by atoms with Gasteiger partial charge in [0.1, 0.15) is 4.99 Å². The first-order chi connectivity index (χ1) is 10.6.